The first-order chi connectivity index (χ1) is 10.0. The Hall–Kier alpha value is -2.45. The molecule has 0 saturated carbocycles. The van der Waals surface area contributed by atoms with E-state index in [9.17, 15) is 20.3 Å². The monoisotopic (exact) mass is 295 g/mol. The largest absolute Gasteiger partial charge is 0.490 e. The fourth-order valence-electron chi connectivity index (χ4n) is 1.92. The van der Waals surface area contributed by atoms with Gasteiger partial charge in [0.15, 0.2) is 5.75 Å². The highest BCUT2D eigenvalue weighted by Crippen LogP contribution is 2.33. The van der Waals surface area contributed by atoms with Gasteiger partial charge in [-0.1, -0.05) is 0 Å². The SMILES string of the molecule is CN=C(CO)C(=CN)c1cc([N+](=O)[O-])c(OC)cc1CO. The first kappa shape index (κ1) is 16.6. The molecule has 1 aromatic rings. The van der Waals surface area contributed by atoms with Crippen LogP contribution in [0.15, 0.2) is 23.3 Å². The molecule has 4 N–H and O–H groups in total. The van der Waals surface area contributed by atoms with Crippen molar-refractivity contribution in [3.05, 3.63) is 39.6 Å². The van der Waals surface area contributed by atoms with Crippen molar-refractivity contribution in [2.24, 2.45) is 10.7 Å². The van der Waals surface area contributed by atoms with E-state index in [4.69, 9.17) is 10.5 Å². The third-order valence-electron chi connectivity index (χ3n) is 2.96. The molecule has 1 rings (SSSR count). The summed E-state index contributed by atoms with van der Waals surface area (Å²) in [5, 5.41) is 29.8. The van der Waals surface area contributed by atoms with Crippen molar-refractivity contribution in [3.8, 4) is 5.75 Å². The van der Waals surface area contributed by atoms with Crippen LogP contribution in [0.25, 0.3) is 5.57 Å². The second kappa shape index (κ2) is 7.36. The van der Waals surface area contributed by atoms with Gasteiger partial charge in [0.2, 0.25) is 0 Å². The van der Waals surface area contributed by atoms with Crippen molar-refractivity contribution in [2.45, 2.75) is 6.61 Å². The van der Waals surface area contributed by atoms with E-state index in [-0.39, 0.29) is 30.4 Å². The van der Waals surface area contributed by atoms with Crippen LogP contribution in [-0.4, -0.2) is 41.6 Å². The molecule has 0 atom stereocenters. The number of nitro benzene ring substituents is 1. The molecule has 0 aliphatic heterocycles. The van der Waals surface area contributed by atoms with Crippen LogP contribution in [-0.2, 0) is 6.61 Å². The van der Waals surface area contributed by atoms with Gasteiger partial charge in [-0.05, 0) is 17.2 Å². The van der Waals surface area contributed by atoms with Gasteiger partial charge in [-0.25, -0.2) is 0 Å². The maximum Gasteiger partial charge on any atom is 0.311 e. The zero-order valence-electron chi connectivity index (χ0n) is 11.7. The van der Waals surface area contributed by atoms with E-state index in [1.807, 2.05) is 0 Å². The Morgan fingerprint density at radius 3 is 2.57 bits per heavy atom. The fraction of sp³-hybridized carbons (Fsp3) is 0.308. The van der Waals surface area contributed by atoms with Crippen LogP contribution >= 0.6 is 0 Å². The van der Waals surface area contributed by atoms with Gasteiger partial charge in [0.25, 0.3) is 0 Å². The molecule has 0 aliphatic rings. The summed E-state index contributed by atoms with van der Waals surface area (Å²) in [5.74, 6) is 0.0307. The summed E-state index contributed by atoms with van der Waals surface area (Å²) in [6.07, 6.45) is 1.18. The number of ether oxygens (including phenoxy) is 1. The average Bonchev–Trinajstić information content (AvgIpc) is 2.51. The third-order valence-corrected chi connectivity index (χ3v) is 2.96. The zero-order chi connectivity index (χ0) is 16.0. The molecular formula is C13H17N3O5. The minimum atomic E-state index is -0.598. The first-order valence-electron chi connectivity index (χ1n) is 5.99. The molecule has 0 bridgehead atoms. The number of hydrogen-bond acceptors (Lipinski definition) is 7. The van der Waals surface area contributed by atoms with E-state index in [1.54, 1.807) is 0 Å². The number of nitro groups is 1. The number of nitrogens with zero attached hydrogens (tertiary/aromatic N) is 2. The van der Waals surface area contributed by atoms with E-state index < -0.39 is 4.92 Å². The highest BCUT2D eigenvalue weighted by molar-refractivity contribution is 6.24. The van der Waals surface area contributed by atoms with Gasteiger partial charge in [-0.2, -0.15) is 0 Å². The standard InChI is InChI=1S/C13H17N3O5/c1-15-11(7-18)10(5-14)9-4-12(16(19)20)13(21-2)3-8(9)6-17/h3-5,17-18H,6-7,14H2,1-2H3. The second-order valence-corrected chi connectivity index (χ2v) is 4.01. The van der Waals surface area contributed by atoms with Crippen LogP contribution in [0.3, 0.4) is 0 Å². The van der Waals surface area contributed by atoms with Crippen molar-refractivity contribution >= 4 is 17.0 Å². The van der Waals surface area contributed by atoms with E-state index in [2.05, 4.69) is 4.99 Å². The number of methoxy groups -OCH3 is 1. The number of benzene rings is 1. The Morgan fingerprint density at radius 2 is 2.19 bits per heavy atom. The molecule has 21 heavy (non-hydrogen) atoms. The molecule has 0 fully saturated rings. The molecule has 0 aromatic heterocycles. The summed E-state index contributed by atoms with van der Waals surface area (Å²) in [7, 11) is 2.76. The van der Waals surface area contributed by atoms with Crippen LogP contribution in [0.1, 0.15) is 11.1 Å². The predicted molar refractivity (Wildman–Crippen MR) is 78.2 cm³/mol. The topological polar surface area (TPSA) is 131 Å². The summed E-state index contributed by atoms with van der Waals surface area (Å²) in [6.45, 7) is -0.756. The highest BCUT2D eigenvalue weighted by Gasteiger charge is 2.22. The Balaban J connectivity index is 3.60. The molecule has 1 aromatic carbocycles. The molecule has 0 heterocycles. The molecule has 0 unspecified atom stereocenters. The summed E-state index contributed by atoms with van der Waals surface area (Å²) < 4.78 is 4.95. The number of aliphatic hydroxyl groups is 2. The van der Waals surface area contributed by atoms with Crippen LogP contribution in [0.2, 0.25) is 0 Å². The smallest absolute Gasteiger partial charge is 0.311 e. The zero-order valence-corrected chi connectivity index (χ0v) is 11.7. The number of nitrogens with two attached hydrogens (primary N) is 1. The number of hydrogen-bond donors (Lipinski definition) is 3. The lowest BCUT2D eigenvalue weighted by molar-refractivity contribution is -0.385. The van der Waals surface area contributed by atoms with E-state index in [0.29, 0.717) is 16.7 Å². The molecule has 0 saturated heterocycles. The van der Waals surface area contributed by atoms with Crippen LogP contribution < -0.4 is 10.5 Å². The normalized spacial score (nSPS) is 12.4. The molecule has 8 heteroatoms. The van der Waals surface area contributed by atoms with Gasteiger partial charge in [0, 0.05) is 24.9 Å². The molecule has 114 valence electrons. The Kier molecular flexibility index (Phi) is 5.82. The lowest BCUT2D eigenvalue weighted by atomic mass is 9.96. The number of aliphatic hydroxyl groups excluding tert-OH is 2. The lowest BCUT2D eigenvalue weighted by Crippen LogP contribution is -2.12. The Bertz CT molecular complexity index is 596. The van der Waals surface area contributed by atoms with Gasteiger partial charge < -0.3 is 20.7 Å². The van der Waals surface area contributed by atoms with Gasteiger partial charge in [-0.15, -0.1) is 0 Å². The van der Waals surface area contributed by atoms with Gasteiger partial charge in [-0.3, -0.25) is 15.1 Å². The minimum Gasteiger partial charge on any atom is -0.490 e. The minimum absolute atomic E-state index is 0.0307. The fourth-order valence-corrected chi connectivity index (χ4v) is 1.92. The Morgan fingerprint density at radius 1 is 1.52 bits per heavy atom. The average molecular weight is 295 g/mol. The molecule has 0 amide bonds. The van der Waals surface area contributed by atoms with E-state index >= 15 is 0 Å². The first-order valence-corrected chi connectivity index (χ1v) is 5.99. The van der Waals surface area contributed by atoms with Crippen LogP contribution in [0.4, 0.5) is 5.69 Å². The van der Waals surface area contributed by atoms with Gasteiger partial charge in [0.1, 0.15) is 0 Å². The molecule has 0 aliphatic carbocycles. The van der Waals surface area contributed by atoms with E-state index in [0.717, 1.165) is 0 Å². The third kappa shape index (κ3) is 3.36. The molecule has 0 radical (unpaired) electrons. The maximum absolute atomic E-state index is 11.1. The number of rotatable bonds is 6. The maximum atomic E-state index is 11.1. The highest BCUT2D eigenvalue weighted by atomic mass is 16.6. The predicted octanol–water partition coefficient (Wildman–Crippen LogP) is 0.458. The van der Waals surface area contributed by atoms with Crippen molar-refractivity contribution in [1.82, 2.24) is 0 Å². The summed E-state index contributed by atoms with van der Waals surface area (Å²) in [5.41, 5.74) is 6.54. The van der Waals surface area contributed by atoms with Crippen molar-refractivity contribution in [1.29, 1.82) is 0 Å². The molecule has 0 spiro atoms. The van der Waals surface area contributed by atoms with Gasteiger partial charge in [0.05, 0.1) is 31.0 Å². The van der Waals surface area contributed by atoms with Crippen molar-refractivity contribution < 1.29 is 19.9 Å². The van der Waals surface area contributed by atoms with Crippen LogP contribution in [0, 0.1) is 10.1 Å². The molecular weight excluding hydrogens is 278 g/mol. The Labute approximate surface area is 121 Å². The summed E-state index contributed by atoms with van der Waals surface area (Å²) >= 11 is 0. The second-order valence-electron chi connectivity index (χ2n) is 4.01. The quantitative estimate of drug-likeness (QED) is 0.397. The van der Waals surface area contributed by atoms with Crippen molar-refractivity contribution in [3.63, 3.8) is 0 Å². The van der Waals surface area contributed by atoms with Crippen molar-refractivity contribution in [2.75, 3.05) is 20.8 Å². The van der Waals surface area contributed by atoms with E-state index in [1.165, 1.54) is 32.5 Å². The lowest BCUT2D eigenvalue weighted by Gasteiger charge is -2.14. The summed E-state index contributed by atoms with van der Waals surface area (Å²) in [6, 6.07) is 2.60. The van der Waals surface area contributed by atoms with Crippen LogP contribution in [0.5, 0.6) is 5.75 Å². The molecule has 8 nitrogen and oxygen atoms in total. The number of aliphatic imine (C=N–C) groups is 1. The van der Waals surface area contributed by atoms with Gasteiger partial charge >= 0.3 is 5.69 Å². The summed E-state index contributed by atoms with van der Waals surface area (Å²) in [4.78, 5) is 14.4.